The van der Waals surface area contributed by atoms with E-state index in [1.165, 1.54) is 7.11 Å². The summed E-state index contributed by atoms with van der Waals surface area (Å²) in [5, 5.41) is 1.08. The molecule has 0 N–H and O–H groups in total. The van der Waals surface area contributed by atoms with Crippen LogP contribution in [-0.4, -0.2) is 35.8 Å². The van der Waals surface area contributed by atoms with Gasteiger partial charge < -0.3 is 9.47 Å². The molecular formula is C20H24N2O3. The van der Waals surface area contributed by atoms with Crippen molar-refractivity contribution < 1.29 is 14.3 Å². The fourth-order valence-electron chi connectivity index (χ4n) is 3.08. The average Bonchev–Trinajstić information content (AvgIpc) is 2.61. The molecule has 0 amide bonds. The van der Waals surface area contributed by atoms with Gasteiger partial charge in [-0.2, -0.15) is 0 Å². The quantitative estimate of drug-likeness (QED) is 0.570. The molecule has 1 saturated carbocycles. The van der Waals surface area contributed by atoms with Gasteiger partial charge in [-0.1, -0.05) is 0 Å². The molecule has 1 aliphatic rings. The van der Waals surface area contributed by atoms with Gasteiger partial charge in [0.15, 0.2) is 5.65 Å². The largest absolute Gasteiger partial charge is 0.466 e. The number of carbonyl (C=O) groups is 1. The van der Waals surface area contributed by atoms with Gasteiger partial charge in [0.05, 0.1) is 19.8 Å². The smallest absolute Gasteiger partial charge is 0.333 e. The van der Waals surface area contributed by atoms with Gasteiger partial charge in [-0.3, -0.25) is 0 Å². The Bertz CT molecular complexity index is 766. The predicted octanol–water partition coefficient (Wildman–Crippen LogP) is 3.48. The molecule has 2 heterocycles. The summed E-state index contributed by atoms with van der Waals surface area (Å²) in [6.45, 7) is 2.21. The summed E-state index contributed by atoms with van der Waals surface area (Å²) in [7, 11) is 1.39. The molecule has 5 nitrogen and oxygen atoms in total. The maximum absolute atomic E-state index is 11.3. The average molecular weight is 340 g/mol. The number of esters is 1. The molecule has 5 heteroatoms. The SMILES string of the molecule is COC(=O)C(C)=CCOC1CC(CCc2ccc3cccnc3n2)C1. The number of pyridine rings is 2. The molecule has 0 unspecified atom stereocenters. The van der Waals surface area contributed by atoms with Crippen LogP contribution in [0.3, 0.4) is 0 Å². The summed E-state index contributed by atoms with van der Waals surface area (Å²) in [5.74, 6) is 0.393. The van der Waals surface area contributed by atoms with Crippen LogP contribution >= 0.6 is 0 Å². The summed E-state index contributed by atoms with van der Waals surface area (Å²) in [6, 6.07) is 8.15. The van der Waals surface area contributed by atoms with Gasteiger partial charge in [-0.05, 0) is 68.9 Å². The summed E-state index contributed by atoms with van der Waals surface area (Å²) in [5.41, 5.74) is 2.52. The minimum atomic E-state index is -0.299. The number of ether oxygens (including phenoxy) is 2. The number of rotatable bonds is 7. The number of hydrogen-bond acceptors (Lipinski definition) is 5. The number of aryl methyl sites for hydroxylation is 1. The second kappa shape index (κ2) is 8.21. The van der Waals surface area contributed by atoms with Crippen LogP contribution in [0.2, 0.25) is 0 Å². The highest BCUT2D eigenvalue weighted by Gasteiger charge is 2.29. The van der Waals surface area contributed by atoms with Crippen molar-refractivity contribution in [3.05, 3.63) is 47.8 Å². The number of methoxy groups -OCH3 is 1. The highest BCUT2D eigenvalue weighted by atomic mass is 16.5. The second-order valence-corrected chi connectivity index (χ2v) is 6.56. The molecular weight excluding hydrogens is 316 g/mol. The van der Waals surface area contributed by atoms with E-state index in [-0.39, 0.29) is 5.97 Å². The van der Waals surface area contributed by atoms with Crippen molar-refractivity contribution in [2.45, 2.75) is 38.7 Å². The molecule has 2 aromatic heterocycles. The number of hydrogen-bond donors (Lipinski definition) is 0. The summed E-state index contributed by atoms with van der Waals surface area (Å²) in [4.78, 5) is 20.2. The van der Waals surface area contributed by atoms with E-state index >= 15 is 0 Å². The maximum atomic E-state index is 11.3. The lowest BCUT2D eigenvalue weighted by atomic mass is 9.79. The van der Waals surface area contributed by atoms with Crippen molar-refractivity contribution in [2.75, 3.05) is 13.7 Å². The molecule has 0 bridgehead atoms. The van der Waals surface area contributed by atoms with Gasteiger partial charge in [-0.25, -0.2) is 14.8 Å². The van der Waals surface area contributed by atoms with E-state index in [4.69, 9.17) is 4.74 Å². The van der Waals surface area contributed by atoms with Gasteiger partial charge in [-0.15, -0.1) is 0 Å². The van der Waals surface area contributed by atoms with Gasteiger partial charge in [0.1, 0.15) is 0 Å². The molecule has 25 heavy (non-hydrogen) atoms. The van der Waals surface area contributed by atoms with Crippen LogP contribution in [0.25, 0.3) is 11.0 Å². The van der Waals surface area contributed by atoms with Crippen LogP contribution in [0.15, 0.2) is 42.1 Å². The summed E-state index contributed by atoms with van der Waals surface area (Å²) >= 11 is 0. The normalized spacial score (nSPS) is 20.3. The first kappa shape index (κ1) is 17.5. The molecule has 132 valence electrons. The van der Waals surface area contributed by atoms with Crippen LogP contribution in [0.5, 0.6) is 0 Å². The second-order valence-electron chi connectivity index (χ2n) is 6.56. The van der Waals surface area contributed by atoms with Crippen molar-refractivity contribution in [3.63, 3.8) is 0 Å². The molecule has 0 aliphatic heterocycles. The van der Waals surface area contributed by atoms with E-state index in [0.717, 1.165) is 42.4 Å². The van der Waals surface area contributed by atoms with Crippen molar-refractivity contribution in [1.29, 1.82) is 0 Å². The fourth-order valence-corrected chi connectivity index (χ4v) is 3.08. The Kier molecular flexibility index (Phi) is 5.76. The number of fused-ring (bicyclic) bond motifs is 1. The van der Waals surface area contributed by atoms with Crippen molar-refractivity contribution >= 4 is 17.0 Å². The predicted molar refractivity (Wildman–Crippen MR) is 96.1 cm³/mol. The maximum Gasteiger partial charge on any atom is 0.333 e. The lowest BCUT2D eigenvalue weighted by molar-refractivity contribution is -0.136. The van der Waals surface area contributed by atoms with Gasteiger partial charge >= 0.3 is 5.97 Å². The van der Waals surface area contributed by atoms with Gasteiger partial charge in [0.2, 0.25) is 0 Å². The van der Waals surface area contributed by atoms with E-state index < -0.39 is 0 Å². The van der Waals surface area contributed by atoms with Crippen LogP contribution in [0.4, 0.5) is 0 Å². The highest BCUT2D eigenvalue weighted by Crippen LogP contribution is 2.33. The monoisotopic (exact) mass is 340 g/mol. The molecule has 0 saturated heterocycles. The molecule has 0 spiro atoms. The number of aromatic nitrogens is 2. The fraction of sp³-hybridized carbons (Fsp3) is 0.450. The van der Waals surface area contributed by atoms with Crippen LogP contribution in [-0.2, 0) is 20.7 Å². The third-order valence-electron chi connectivity index (χ3n) is 4.75. The molecule has 3 rings (SSSR count). The van der Waals surface area contributed by atoms with Crippen LogP contribution < -0.4 is 0 Å². The molecule has 0 radical (unpaired) electrons. The molecule has 0 atom stereocenters. The topological polar surface area (TPSA) is 61.3 Å². The Morgan fingerprint density at radius 3 is 2.96 bits per heavy atom. The molecule has 1 fully saturated rings. The van der Waals surface area contributed by atoms with Gasteiger partial charge in [0.25, 0.3) is 0 Å². The van der Waals surface area contributed by atoms with Crippen molar-refractivity contribution in [1.82, 2.24) is 9.97 Å². The summed E-state index contributed by atoms with van der Waals surface area (Å²) in [6.07, 6.45) is 8.13. The Balaban J connectivity index is 1.38. The van der Waals surface area contributed by atoms with E-state index in [9.17, 15) is 4.79 Å². The standard InChI is InChI=1S/C20H24N2O3/c1-14(20(23)24-2)9-11-25-18-12-15(13-18)5-7-17-8-6-16-4-3-10-21-19(16)22-17/h3-4,6,8-10,15,18H,5,7,11-13H2,1-2H3. The first-order chi connectivity index (χ1) is 12.2. The van der Waals surface area contributed by atoms with Gasteiger partial charge in [0, 0.05) is 22.9 Å². The first-order valence-electron chi connectivity index (χ1n) is 8.73. The van der Waals surface area contributed by atoms with E-state index in [0.29, 0.717) is 24.2 Å². The highest BCUT2D eigenvalue weighted by molar-refractivity contribution is 5.87. The molecule has 0 aromatic carbocycles. The lowest BCUT2D eigenvalue weighted by Crippen LogP contribution is -2.31. The lowest BCUT2D eigenvalue weighted by Gasteiger charge is -2.35. The Hall–Kier alpha value is -2.27. The first-order valence-corrected chi connectivity index (χ1v) is 8.73. The Morgan fingerprint density at radius 1 is 1.32 bits per heavy atom. The van der Waals surface area contributed by atoms with E-state index in [1.807, 2.05) is 12.1 Å². The third kappa shape index (κ3) is 4.63. The molecule has 2 aromatic rings. The Morgan fingerprint density at radius 2 is 2.16 bits per heavy atom. The van der Waals surface area contributed by atoms with Crippen molar-refractivity contribution in [3.8, 4) is 0 Å². The van der Waals surface area contributed by atoms with Crippen molar-refractivity contribution in [2.24, 2.45) is 5.92 Å². The number of nitrogens with zero attached hydrogens (tertiary/aromatic N) is 2. The minimum absolute atomic E-state index is 0.299. The zero-order valence-corrected chi connectivity index (χ0v) is 14.8. The zero-order valence-electron chi connectivity index (χ0n) is 14.8. The zero-order chi connectivity index (χ0) is 17.6. The van der Waals surface area contributed by atoms with Crippen LogP contribution in [0.1, 0.15) is 31.9 Å². The van der Waals surface area contributed by atoms with Crippen LogP contribution in [0, 0.1) is 5.92 Å². The summed E-state index contributed by atoms with van der Waals surface area (Å²) < 4.78 is 10.4. The Labute approximate surface area is 148 Å². The van der Waals surface area contributed by atoms with E-state index in [1.54, 1.807) is 19.2 Å². The molecule has 1 aliphatic carbocycles. The van der Waals surface area contributed by atoms with E-state index in [2.05, 4.69) is 26.8 Å². The number of carbonyl (C=O) groups excluding carboxylic acids is 1. The minimum Gasteiger partial charge on any atom is -0.466 e. The third-order valence-corrected chi connectivity index (χ3v) is 4.75.